The molecular formula is C21H42NO3+. The second kappa shape index (κ2) is 15.2. The van der Waals surface area contributed by atoms with Gasteiger partial charge in [0.2, 0.25) is 0 Å². The first-order chi connectivity index (χ1) is 12.0. The number of aliphatic hydroxyl groups excluding tert-OH is 1. The fraction of sp³-hybridized carbons (Fsp3) is 0.857. The van der Waals surface area contributed by atoms with Gasteiger partial charge < -0.3 is 14.7 Å². The van der Waals surface area contributed by atoms with Gasteiger partial charge in [0.15, 0.2) is 0 Å². The Bertz CT molecular complexity index is 358. The number of carbonyl (C=O) groups is 1. The fourth-order valence-electron chi connectivity index (χ4n) is 3.35. The van der Waals surface area contributed by atoms with Gasteiger partial charge in [0.05, 0.1) is 19.6 Å². The summed E-state index contributed by atoms with van der Waals surface area (Å²) >= 11 is 0. The van der Waals surface area contributed by atoms with Crippen LogP contribution in [0.4, 0.5) is 0 Å². The van der Waals surface area contributed by atoms with Crippen molar-refractivity contribution in [1.82, 2.24) is 0 Å². The molecule has 4 nitrogen and oxygen atoms in total. The number of carboxylic acid groups (broad SMARTS) is 1. The van der Waals surface area contributed by atoms with Crippen LogP contribution in [-0.4, -0.2) is 46.8 Å². The van der Waals surface area contributed by atoms with Gasteiger partial charge in [0.1, 0.15) is 12.3 Å². The predicted octanol–water partition coefficient (Wildman–Crippen LogP) is 5.68. The molecule has 0 atom stereocenters. The Morgan fingerprint density at radius 3 is 1.88 bits per heavy atom. The van der Waals surface area contributed by atoms with Crippen molar-refractivity contribution in [3.05, 3.63) is 11.8 Å². The van der Waals surface area contributed by atoms with E-state index in [0.29, 0.717) is 12.3 Å². The van der Waals surface area contributed by atoms with Crippen LogP contribution in [0.5, 0.6) is 0 Å². The summed E-state index contributed by atoms with van der Waals surface area (Å²) < 4.78 is 0.914. The molecule has 2 N–H and O–H groups in total. The quantitative estimate of drug-likeness (QED) is 0.200. The lowest BCUT2D eigenvalue weighted by Crippen LogP contribution is -2.51. The molecule has 0 aromatic rings. The molecule has 0 aromatic heterocycles. The van der Waals surface area contributed by atoms with Gasteiger partial charge in [0, 0.05) is 6.42 Å². The first-order valence-corrected chi connectivity index (χ1v) is 10.4. The minimum Gasteiger partial charge on any atom is -0.507 e. The van der Waals surface area contributed by atoms with E-state index >= 15 is 0 Å². The Balaban J connectivity index is 4.85. The summed E-state index contributed by atoms with van der Waals surface area (Å²) in [6, 6.07) is 0. The number of allylic oxidation sites excluding steroid dienone is 1. The number of hydrogen-bond acceptors (Lipinski definition) is 2. The van der Waals surface area contributed by atoms with E-state index < -0.39 is 5.97 Å². The molecule has 0 bridgehead atoms. The average molecular weight is 357 g/mol. The van der Waals surface area contributed by atoms with E-state index in [-0.39, 0.29) is 6.42 Å². The van der Waals surface area contributed by atoms with Crippen LogP contribution in [0.15, 0.2) is 11.8 Å². The molecule has 0 spiro atoms. The fourth-order valence-corrected chi connectivity index (χ4v) is 3.35. The Hall–Kier alpha value is -1.03. The third kappa shape index (κ3) is 12.9. The maximum absolute atomic E-state index is 10.8. The van der Waals surface area contributed by atoms with Crippen LogP contribution in [0, 0.1) is 0 Å². The number of carboxylic acids is 1. The second-order valence-electron chi connectivity index (χ2n) is 7.42. The summed E-state index contributed by atoms with van der Waals surface area (Å²) in [6.45, 7) is 10.4. The van der Waals surface area contributed by atoms with Crippen molar-refractivity contribution in [3.8, 4) is 0 Å². The van der Waals surface area contributed by atoms with Gasteiger partial charge >= 0.3 is 5.97 Å². The normalized spacial score (nSPS) is 12.5. The summed E-state index contributed by atoms with van der Waals surface area (Å²) in [4.78, 5) is 10.8. The summed E-state index contributed by atoms with van der Waals surface area (Å²) in [7, 11) is 0. The molecule has 148 valence electrons. The molecule has 0 aliphatic carbocycles. The van der Waals surface area contributed by atoms with Gasteiger partial charge in [-0.15, -0.1) is 0 Å². The highest BCUT2D eigenvalue weighted by molar-refractivity contribution is 5.66. The number of rotatable bonds is 17. The maximum Gasteiger partial charge on any atom is 0.303 e. The lowest BCUT2D eigenvalue weighted by atomic mass is 10.1. The molecule has 0 fully saturated rings. The van der Waals surface area contributed by atoms with Gasteiger partial charge in [-0.05, 0) is 44.6 Å². The summed E-state index contributed by atoms with van der Waals surface area (Å²) in [5, 5.41) is 19.3. The van der Waals surface area contributed by atoms with Crippen LogP contribution in [0.1, 0.15) is 91.4 Å². The number of aliphatic hydroxyl groups is 1. The van der Waals surface area contributed by atoms with E-state index in [1.165, 1.54) is 12.8 Å². The zero-order valence-corrected chi connectivity index (χ0v) is 16.9. The molecule has 4 heteroatoms. The first kappa shape index (κ1) is 24.0. The first-order valence-electron chi connectivity index (χ1n) is 10.4. The minimum absolute atomic E-state index is 0.250. The number of quaternary nitrogens is 1. The predicted molar refractivity (Wildman–Crippen MR) is 106 cm³/mol. The topological polar surface area (TPSA) is 57.5 Å². The van der Waals surface area contributed by atoms with Crippen molar-refractivity contribution in [2.24, 2.45) is 0 Å². The van der Waals surface area contributed by atoms with Gasteiger partial charge in [-0.1, -0.05) is 46.5 Å². The molecule has 0 aliphatic rings. The van der Waals surface area contributed by atoms with Crippen molar-refractivity contribution < 1.29 is 19.5 Å². The lowest BCUT2D eigenvalue weighted by molar-refractivity contribution is -0.925. The molecular weight excluding hydrogens is 314 g/mol. The highest BCUT2D eigenvalue weighted by Gasteiger charge is 2.27. The Morgan fingerprint density at radius 2 is 1.36 bits per heavy atom. The van der Waals surface area contributed by atoms with Gasteiger partial charge in [0.25, 0.3) is 0 Å². The van der Waals surface area contributed by atoms with Gasteiger partial charge in [-0.3, -0.25) is 4.79 Å². The molecule has 0 aromatic carbocycles. The molecule has 0 aliphatic heterocycles. The van der Waals surface area contributed by atoms with E-state index in [0.717, 1.165) is 75.5 Å². The van der Waals surface area contributed by atoms with Gasteiger partial charge in [-0.2, -0.15) is 0 Å². The molecule has 0 saturated heterocycles. The van der Waals surface area contributed by atoms with Crippen molar-refractivity contribution >= 4 is 5.97 Å². The summed E-state index contributed by atoms with van der Waals surface area (Å²) in [6.07, 6.45) is 13.1. The molecule has 0 saturated carbocycles. The SMILES string of the molecule is CCCCC/C=C(\O)C[N+](CCCC)(CCCC)CCCCC(=O)O. The summed E-state index contributed by atoms with van der Waals surface area (Å²) in [5.41, 5.74) is 0. The Labute approximate surface area is 155 Å². The van der Waals surface area contributed by atoms with E-state index in [1.54, 1.807) is 0 Å². The van der Waals surface area contributed by atoms with Crippen LogP contribution < -0.4 is 0 Å². The smallest absolute Gasteiger partial charge is 0.303 e. The minimum atomic E-state index is -0.709. The molecule has 0 heterocycles. The van der Waals surface area contributed by atoms with Crippen LogP contribution in [0.25, 0.3) is 0 Å². The number of hydrogen-bond donors (Lipinski definition) is 2. The third-order valence-electron chi connectivity index (χ3n) is 4.93. The molecule has 0 unspecified atom stereocenters. The number of unbranched alkanes of at least 4 members (excludes halogenated alkanes) is 6. The Morgan fingerprint density at radius 1 is 0.800 bits per heavy atom. The van der Waals surface area contributed by atoms with E-state index in [9.17, 15) is 9.90 Å². The summed E-state index contributed by atoms with van der Waals surface area (Å²) in [5.74, 6) is -0.180. The second-order valence-corrected chi connectivity index (χ2v) is 7.42. The van der Waals surface area contributed by atoms with Crippen molar-refractivity contribution in [2.45, 2.75) is 91.4 Å². The van der Waals surface area contributed by atoms with Crippen LogP contribution >= 0.6 is 0 Å². The molecule has 0 rings (SSSR count). The van der Waals surface area contributed by atoms with Gasteiger partial charge in [-0.25, -0.2) is 0 Å². The van der Waals surface area contributed by atoms with Crippen molar-refractivity contribution in [1.29, 1.82) is 0 Å². The third-order valence-corrected chi connectivity index (χ3v) is 4.93. The monoisotopic (exact) mass is 356 g/mol. The van der Waals surface area contributed by atoms with E-state index in [4.69, 9.17) is 5.11 Å². The van der Waals surface area contributed by atoms with Crippen LogP contribution in [0.3, 0.4) is 0 Å². The van der Waals surface area contributed by atoms with Crippen molar-refractivity contribution in [3.63, 3.8) is 0 Å². The zero-order chi connectivity index (χ0) is 19.0. The largest absolute Gasteiger partial charge is 0.507 e. The Kier molecular flexibility index (Phi) is 14.6. The van der Waals surface area contributed by atoms with Crippen LogP contribution in [-0.2, 0) is 4.79 Å². The van der Waals surface area contributed by atoms with Crippen LogP contribution in [0.2, 0.25) is 0 Å². The van der Waals surface area contributed by atoms with Crippen molar-refractivity contribution in [2.75, 3.05) is 26.2 Å². The molecule has 0 amide bonds. The highest BCUT2D eigenvalue weighted by atomic mass is 16.4. The highest BCUT2D eigenvalue weighted by Crippen LogP contribution is 2.18. The van der Waals surface area contributed by atoms with E-state index in [1.807, 2.05) is 6.08 Å². The maximum atomic E-state index is 10.8. The van der Waals surface area contributed by atoms with E-state index in [2.05, 4.69) is 20.8 Å². The lowest BCUT2D eigenvalue weighted by Gasteiger charge is -2.39. The molecule has 0 radical (unpaired) electrons. The number of nitrogens with zero attached hydrogens (tertiary/aromatic N) is 1. The standard InChI is InChI=1S/C21H41NO3/c1-4-7-10-11-14-20(23)19-22(16-8-5-2,17-9-6-3)18-13-12-15-21(24)25/h14H,4-13,15-19H2,1-3H3,(H-,23,24,25)/p+1/b20-14-. The average Bonchev–Trinajstić information content (AvgIpc) is 2.58. The molecule has 25 heavy (non-hydrogen) atoms. The zero-order valence-electron chi connectivity index (χ0n) is 16.9. The number of aliphatic carboxylic acids is 1.